The Hall–Kier alpha value is -1.70. The summed E-state index contributed by atoms with van der Waals surface area (Å²) in [5, 5.41) is 20.6. The van der Waals surface area contributed by atoms with Crippen LogP contribution in [0.4, 0.5) is 0 Å². The number of benzene rings is 1. The van der Waals surface area contributed by atoms with E-state index in [0.717, 1.165) is 24.0 Å². The maximum Gasteiger partial charge on any atom is 0.123 e. The van der Waals surface area contributed by atoms with Gasteiger partial charge in [-0.25, -0.2) is 0 Å². The van der Waals surface area contributed by atoms with Gasteiger partial charge in [0.05, 0.1) is 0 Å². The highest BCUT2D eigenvalue weighted by molar-refractivity contribution is 5.52. The minimum absolute atomic E-state index is 0.0330. The van der Waals surface area contributed by atoms with Gasteiger partial charge in [-0.2, -0.15) is 0 Å². The molecule has 2 heteroatoms. The minimum Gasteiger partial charge on any atom is -0.507 e. The van der Waals surface area contributed by atoms with Gasteiger partial charge in [0.15, 0.2) is 0 Å². The van der Waals surface area contributed by atoms with Gasteiger partial charge in [-0.15, -0.1) is 0 Å². The van der Waals surface area contributed by atoms with E-state index in [1.807, 2.05) is 13.8 Å². The fourth-order valence-corrected chi connectivity index (χ4v) is 3.12. The van der Waals surface area contributed by atoms with Crippen LogP contribution in [-0.4, -0.2) is 10.2 Å². The lowest BCUT2D eigenvalue weighted by Gasteiger charge is -2.41. The zero-order chi connectivity index (χ0) is 15.1. The van der Waals surface area contributed by atoms with E-state index in [0.29, 0.717) is 5.56 Å². The number of allylic oxidation sites excluding steroid dienone is 3. The second kappa shape index (κ2) is 5.01. The number of phenols is 2. The predicted molar refractivity (Wildman–Crippen MR) is 83.2 cm³/mol. The Balaban J connectivity index is 2.64. The molecule has 2 nitrogen and oxygen atoms in total. The number of aromatic hydroxyl groups is 2. The van der Waals surface area contributed by atoms with Crippen LogP contribution in [0.1, 0.15) is 50.7 Å². The molecule has 0 saturated heterocycles. The summed E-state index contributed by atoms with van der Waals surface area (Å²) >= 11 is 0. The predicted octanol–water partition coefficient (Wildman–Crippen LogP) is 4.81. The summed E-state index contributed by atoms with van der Waals surface area (Å²) < 4.78 is 0. The molecule has 0 saturated carbocycles. The summed E-state index contributed by atoms with van der Waals surface area (Å²) in [6.07, 6.45) is 4.19. The van der Waals surface area contributed by atoms with E-state index in [1.54, 1.807) is 12.1 Å². The van der Waals surface area contributed by atoms with E-state index in [9.17, 15) is 10.2 Å². The Kier molecular flexibility index (Phi) is 3.68. The molecule has 0 aliphatic heterocycles. The molecule has 1 aromatic carbocycles. The molecule has 20 heavy (non-hydrogen) atoms. The molecule has 2 atom stereocenters. The Bertz CT molecular complexity index is 560. The van der Waals surface area contributed by atoms with Crippen molar-refractivity contribution in [1.82, 2.24) is 0 Å². The molecule has 0 heterocycles. The van der Waals surface area contributed by atoms with E-state index in [-0.39, 0.29) is 22.8 Å². The van der Waals surface area contributed by atoms with Crippen LogP contribution < -0.4 is 0 Å². The van der Waals surface area contributed by atoms with Crippen LogP contribution in [0.2, 0.25) is 0 Å². The second-order valence-corrected chi connectivity index (χ2v) is 6.41. The zero-order valence-electron chi connectivity index (χ0n) is 12.8. The molecule has 0 bridgehead atoms. The molecule has 1 aromatic rings. The van der Waals surface area contributed by atoms with Gasteiger partial charge in [-0.05, 0) is 56.7 Å². The van der Waals surface area contributed by atoms with Crippen LogP contribution in [0.5, 0.6) is 11.5 Å². The molecular formula is C18H24O2. The van der Waals surface area contributed by atoms with Crippen LogP contribution in [0, 0.1) is 12.3 Å². The van der Waals surface area contributed by atoms with Crippen LogP contribution in [-0.2, 0) is 0 Å². The standard InChI is InChI=1S/C18H24O2/c1-11(2)18(5)7-6-12(3)8-14(18)17-15(19)9-13(4)10-16(17)20/h8-10,14,19-20H,1,6-7H2,2-5H3/t14?,18-/m0/s1. The molecule has 0 fully saturated rings. The van der Waals surface area contributed by atoms with Crippen molar-refractivity contribution >= 4 is 0 Å². The minimum atomic E-state index is -0.135. The zero-order valence-corrected chi connectivity index (χ0v) is 12.8. The highest BCUT2D eigenvalue weighted by Gasteiger charge is 2.39. The van der Waals surface area contributed by atoms with Gasteiger partial charge in [-0.3, -0.25) is 0 Å². The Morgan fingerprint density at radius 3 is 2.30 bits per heavy atom. The van der Waals surface area contributed by atoms with Gasteiger partial charge >= 0.3 is 0 Å². The van der Waals surface area contributed by atoms with Crippen molar-refractivity contribution in [2.24, 2.45) is 5.41 Å². The fourth-order valence-electron chi connectivity index (χ4n) is 3.12. The average molecular weight is 272 g/mol. The summed E-state index contributed by atoms with van der Waals surface area (Å²) in [6, 6.07) is 3.43. The second-order valence-electron chi connectivity index (χ2n) is 6.41. The van der Waals surface area contributed by atoms with Gasteiger partial charge in [-0.1, -0.05) is 30.7 Å². The van der Waals surface area contributed by atoms with E-state index >= 15 is 0 Å². The number of phenolic OH excluding ortho intramolecular Hbond substituents is 2. The fraction of sp³-hybridized carbons (Fsp3) is 0.444. The van der Waals surface area contributed by atoms with Crippen molar-refractivity contribution < 1.29 is 10.2 Å². The highest BCUT2D eigenvalue weighted by atomic mass is 16.3. The first-order valence-corrected chi connectivity index (χ1v) is 7.11. The molecular weight excluding hydrogens is 248 g/mol. The monoisotopic (exact) mass is 272 g/mol. The molecule has 2 rings (SSSR count). The maximum atomic E-state index is 10.3. The van der Waals surface area contributed by atoms with Crippen LogP contribution >= 0.6 is 0 Å². The third kappa shape index (κ3) is 2.35. The molecule has 0 radical (unpaired) electrons. The summed E-state index contributed by atoms with van der Waals surface area (Å²) in [6.45, 7) is 12.3. The number of hydrogen-bond acceptors (Lipinski definition) is 2. The van der Waals surface area contributed by atoms with Crippen LogP contribution in [0.25, 0.3) is 0 Å². The van der Waals surface area contributed by atoms with Crippen molar-refractivity contribution in [3.8, 4) is 11.5 Å². The Morgan fingerprint density at radius 2 is 1.80 bits per heavy atom. The van der Waals surface area contributed by atoms with E-state index in [2.05, 4.69) is 26.5 Å². The Morgan fingerprint density at radius 1 is 1.25 bits per heavy atom. The highest BCUT2D eigenvalue weighted by Crippen LogP contribution is 2.53. The van der Waals surface area contributed by atoms with Crippen molar-refractivity contribution in [3.63, 3.8) is 0 Å². The molecule has 1 aliphatic rings. The van der Waals surface area contributed by atoms with Gasteiger partial charge in [0.1, 0.15) is 11.5 Å². The molecule has 0 aromatic heterocycles. The van der Waals surface area contributed by atoms with Crippen molar-refractivity contribution in [2.75, 3.05) is 0 Å². The first-order valence-electron chi connectivity index (χ1n) is 7.11. The lowest BCUT2D eigenvalue weighted by atomic mass is 9.63. The van der Waals surface area contributed by atoms with E-state index in [4.69, 9.17) is 0 Å². The summed E-state index contributed by atoms with van der Waals surface area (Å²) in [5.41, 5.74) is 3.74. The molecule has 0 amide bonds. The van der Waals surface area contributed by atoms with Gasteiger partial charge in [0, 0.05) is 11.5 Å². The number of aryl methyl sites for hydroxylation is 1. The van der Waals surface area contributed by atoms with Crippen LogP contribution in [0.3, 0.4) is 0 Å². The summed E-state index contributed by atoms with van der Waals surface area (Å²) in [7, 11) is 0. The first-order chi connectivity index (χ1) is 9.25. The third-order valence-electron chi connectivity index (χ3n) is 4.74. The summed E-state index contributed by atoms with van der Waals surface area (Å²) in [5.74, 6) is 0.311. The largest absolute Gasteiger partial charge is 0.507 e. The van der Waals surface area contributed by atoms with Crippen molar-refractivity contribution in [1.29, 1.82) is 0 Å². The smallest absolute Gasteiger partial charge is 0.123 e. The van der Waals surface area contributed by atoms with Gasteiger partial charge in [0.25, 0.3) is 0 Å². The SMILES string of the molecule is C=C(C)[C@]1(C)CCC(C)=CC1c1c(O)cc(C)cc1O. The number of rotatable bonds is 2. The molecule has 108 valence electrons. The quantitative estimate of drug-likeness (QED) is 0.758. The molecule has 1 aliphatic carbocycles. The third-order valence-corrected chi connectivity index (χ3v) is 4.74. The summed E-state index contributed by atoms with van der Waals surface area (Å²) in [4.78, 5) is 0. The molecule has 0 spiro atoms. The maximum absolute atomic E-state index is 10.3. The van der Waals surface area contributed by atoms with Gasteiger partial charge in [0.2, 0.25) is 0 Å². The lowest BCUT2D eigenvalue weighted by Crippen LogP contribution is -2.29. The Labute approximate surface area is 121 Å². The first kappa shape index (κ1) is 14.7. The molecule has 2 N–H and O–H groups in total. The van der Waals surface area contributed by atoms with Crippen molar-refractivity contribution in [2.45, 2.75) is 46.5 Å². The lowest BCUT2D eigenvalue weighted by molar-refractivity contribution is 0.297. The van der Waals surface area contributed by atoms with E-state index in [1.165, 1.54) is 5.57 Å². The van der Waals surface area contributed by atoms with E-state index < -0.39 is 0 Å². The topological polar surface area (TPSA) is 40.5 Å². The van der Waals surface area contributed by atoms with Gasteiger partial charge < -0.3 is 10.2 Å². The molecule has 1 unspecified atom stereocenters. The van der Waals surface area contributed by atoms with Crippen LogP contribution in [0.15, 0.2) is 35.9 Å². The van der Waals surface area contributed by atoms with Crippen molar-refractivity contribution in [3.05, 3.63) is 47.1 Å². The normalized spacial score (nSPS) is 26.2. The average Bonchev–Trinajstić information content (AvgIpc) is 2.32. The number of hydrogen-bond donors (Lipinski definition) is 2.